The van der Waals surface area contributed by atoms with Gasteiger partial charge in [0.15, 0.2) is 0 Å². The Bertz CT molecular complexity index is 397. The van der Waals surface area contributed by atoms with Crippen LogP contribution in [-0.4, -0.2) is 18.6 Å². The zero-order valence-electron chi connectivity index (χ0n) is 12.6. The topological polar surface area (TPSA) is 24.1 Å². The Hall–Kier alpha value is -0.860. The van der Waals surface area contributed by atoms with Crippen molar-refractivity contribution in [2.75, 3.05) is 6.54 Å². The van der Waals surface area contributed by atoms with Crippen LogP contribution in [0.3, 0.4) is 0 Å². The molecule has 0 spiro atoms. The van der Waals surface area contributed by atoms with Crippen molar-refractivity contribution in [2.45, 2.75) is 63.6 Å². The third-order valence-corrected chi connectivity index (χ3v) is 5.20. The molecule has 110 valence electrons. The van der Waals surface area contributed by atoms with E-state index in [2.05, 4.69) is 47.9 Å². The van der Waals surface area contributed by atoms with Crippen LogP contribution >= 0.6 is 0 Å². The number of nitrogens with one attached hydrogen (secondary N) is 2. The molecule has 1 saturated carbocycles. The highest BCUT2D eigenvalue weighted by atomic mass is 15.0. The van der Waals surface area contributed by atoms with Crippen LogP contribution in [0.15, 0.2) is 30.3 Å². The van der Waals surface area contributed by atoms with Crippen molar-refractivity contribution in [3.8, 4) is 0 Å². The Kier molecular flexibility index (Phi) is 4.74. The molecule has 20 heavy (non-hydrogen) atoms. The van der Waals surface area contributed by atoms with Gasteiger partial charge >= 0.3 is 0 Å². The minimum Gasteiger partial charge on any atom is -0.314 e. The van der Waals surface area contributed by atoms with E-state index in [-0.39, 0.29) is 0 Å². The van der Waals surface area contributed by atoms with Crippen molar-refractivity contribution in [3.63, 3.8) is 0 Å². The average Bonchev–Trinajstić information content (AvgIpc) is 2.97. The molecule has 0 aromatic heterocycles. The lowest BCUT2D eigenvalue weighted by atomic mass is 9.88. The van der Waals surface area contributed by atoms with Crippen LogP contribution in [0, 0.1) is 5.92 Å². The fourth-order valence-electron chi connectivity index (χ4n) is 4.08. The van der Waals surface area contributed by atoms with E-state index < -0.39 is 0 Å². The van der Waals surface area contributed by atoms with Gasteiger partial charge in [-0.1, -0.05) is 43.2 Å². The third-order valence-electron chi connectivity index (χ3n) is 5.20. The molecule has 0 radical (unpaired) electrons. The van der Waals surface area contributed by atoms with Crippen LogP contribution in [-0.2, 0) is 0 Å². The molecule has 4 atom stereocenters. The summed E-state index contributed by atoms with van der Waals surface area (Å²) >= 11 is 0. The lowest BCUT2D eigenvalue weighted by molar-refractivity contribution is 0.248. The lowest BCUT2D eigenvalue weighted by Crippen LogP contribution is -2.47. The summed E-state index contributed by atoms with van der Waals surface area (Å²) in [5.41, 5.74) is 1.41. The monoisotopic (exact) mass is 272 g/mol. The highest BCUT2D eigenvalue weighted by Gasteiger charge is 2.34. The molecule has 1 aromatic carbocycles. The number of piperidine rings is 1. The van der Waals surface area contributed by atoms with E-state index >= 15 is 0 Å². The summed E-state index contributed by atoms with van der Waals surface area (Å²) in [4.78, 5) is 0. The second-order valence-corrected chi connectivity index (χ2v) is 6.56. The van der Waals surface area contributed by atoms with Crippen molar-refractivity contribution in [1.82, 2.24) is 10.6 Å². The lowest BCUT2D eigenvalue weighted by Gasteiger charge is -2.34. The first-order valence-electron chi connectivity index (χ1n) is 8.39. The molecule has 0 amide bonds. The van der Waals surface area contributed by atoms with Crippen LogP contribution < -0.4 is 10.6 Å². The zero-order valence-corrected chi connectivity index (χ0v) is 12.6. The molecule has 2 nitrogen and oxygen atoms in total. The standard InChI is InChI=1S/C18H28N2/c1-14(15-8-3-2-4-9-15)20-18-12-7-10-16(18)17-11-5-6-13-19-17/h2-4,8-9,14,16-20H,5-7,10-13H2,1H3/t14-,16?,17?,18?/m1/s1. The smallest absolute Gasteiger partial charge is 0.0294 e. The van der Waals surface area contributed by atoms with Gasteiger partial charge in [-0.3, -0.25) is 0 Å². The Morgan fingerprint density at radius 3 is 2.65 bits per heavy atom. The first kappa shape index (κ1) is 14.1. The van der Waals surface area contributed by atoms with Gasteiger partial charge in [-0.2, -0.15) is 0 Å². The minimum atomic E-state index is 0.463. The second kappa shape index (κ2) is 6.73. The van der Waals surface area contributed by atoms with E-state index in [0.29, 0.717) is 12.1 Å². The summed E-state index contributed by atoms with van der Waals surface area (Å²) in [7, 11) is 0. The van der Waals surface area contributed by atoms with Crippen molar-refractivity contribution in [1.29, 1.82) is 0 Å². The van der Waals surface area contributed by atoms with Gasteiger partial charge in [0, 0.05) is 18.1 Å². The van der Waals surface area contributed by atoms with Crippen molar-refractivity contribution in [3.05, 3.63) is 35.9 Å². The third kappa shape index (κ3) is 3.24. The molecular weight excluding hydrogens is 244 g/mol. The first-order valence-corrected chi connectivity index (χ1v) is 8.39. The van der Waals surface area contributed by atoms with Crippen LogP contribution in [0.4, 0.5) is 0 Å². The number of hydrogen-bond donors (Lipinski definition) is 2. The summed E-state index contributed by atoms with van der Waals surface area (Å²) in [5.74, 6) is 0.835. The summed E-state index contributed by atoms with van der Waals surface area (Å²) in [6.45, 7) is 3.53. The predicted molar refractivity (Wildman–Crippen MR) is 84.8 cm³/mol. The number of hydrogen-bond acceptors (Lipinski definition) is 2. The number of benzene rings is 1. The molecule has 2 aliphatic rings. The van der Waals surface area contributed by atoms with E-state index in [1.807, 2.05) is 0 Å². The van der Waals surface area contributed by atoms with Crippen molar-refractivity contribution in [2.24, 2.45) is 5.92 Å². The maximum Gasteiger partial charge on any atom is 0.0294 e. The summed E-state index contributed by atoms with van der Waals surface area (Å²) in [5, 5.41) is 7.67. The summed E-state index contributed by atoms with van der Waals surface area (Å²) in [6.07, 6.45) is 8.29. The molecular formula is C18H28N2. The largest absolute Gasteiger partial charge is 0.314 e. The van der Waals surface area contributed by atoms with Crippen molar-refractivity contribution < 1.29 is 0 Å². The number of rotatable bonds is 4. The molecule has 1 aliphatic heterocycles. The van der Waals surface area contributed by atoms with Crippen LogP contribution in [0.1, 0.15) is 57.1 Å². The Morgan fingerprint density at radius 2 is 1.90 bits per heavy atom. The highest BCUT2D eigenvalue weighted by Crippen LogP contribution is 2.33. The van der Waals surface area contributed by atoms with Gasteiger partial charge in [0.05, 0.1) is 0 Å². The van der Waals surface area contributed by atoms with Gasteiger partial charge in [0.25, 0.3) is 0 Å². The molecule has 2 fully saturated rings. The van der Waals surface area contributed by atoms with E-state index in [4.69, 9.17) is 0 Å². The van der Waals surface area contributed by atoms with Gasteiger partial charge in [0.1, 0.15) is 0 Å². The van der Waals surface area contributed by atoms with Crippen LogP contribution in [0.2, 0.25) is 0 Å². The quantitative estimate of drug-likeness (QED) is 0.874. The van der Waals surface area contributed by atoms with Gasteiger partial charge in [0.2, 0.25) is 0 Å². The Balaban J connectivity index is 1.61. The SMILES string of the molecule is C[C@@H](NC1CCCC1C1CCCCN1)c1ccccc1. The normalized spacial score (nSPS) is 32.1. The molecule has 2 N–H and O–H groups in total. The Morgan fingerprint density at radius 1 is 1.05 bits per heavy atom. The van der Waals surface area contributed by atoms with Crippen LogP contribution in [0.25, 0.3) is 0 Å². The zero-order chi connectivity index (χ0) is 13.8. The molecule has 0 bridgehead atoms. The second-order valence-electron chi connectivity index (χ2n) is 6.56. The molecule has 1 saturated heterocycles. The molecule has 1 aromatic rings. The fraction of sp³-hybridized carbons (Fsp3) is 0.667. The van der Waals surface area contributed by atoms with Gasteiger partial charge in [-0.05, 0) is 50.6 Å². The van der Waals surface area contributed by atoms with Crippen molar-refractivity contribution >= 4 is 0 Å². The minimum absolute atomic E-state index is 0.463. The first-order chi connectivity index (χ1) is 9.84. The predicted octanol–water partition coefficient (Wildman–Crippen LogP) is 3.65. The van der Waals surface area contributed by atoms with Gasteiger partial charge in [-0.25, -0.2) is 0 Å². The van der Waals surface area contributed by atoms with E-state index in [1.54, 1.807) is 0 Å². The highest BCUT2D eigenvalue weighted by molar-refractivity contribution is 5.18. The molecule has 3 rings (SSSR count). The summed E-state index contributed by atoms with van der Waals surface area (Å²) in [6, 6.07) is 12.8. The molecule has 2 heteroatoms. The Labute approximate surface area is 123 Å². The van der Waals surface area contributed by atoms with E-state index in [0.717, 1.165) is 12.0 Å². The van der Waals surface area contributed by atoms with Gasteiger partial charge < -0.3 is 10.6 Å². The van der Waals surface area contributed by atoms with Crippen LogP contribution in [0.5, 0.6) is 0 Å². The molecule has 1 heterocycles. The maximum absolute atomic E-state index is 3.90. The molecule has 3 unspecified atom stereocenters. The summed E-state index contributed by atoms with van der Waals surface area (Å²) < 4.78 is 0. The van der Waals surface area contributed by atoms with E-state index in [1.165, 1.54) is 50.6 Å². The van der Waals surface area contributed by atoms with E-state index in [9.17, 15) is 0 Å². The van der Waals surface area contributed by atoms with Gasteiger partial charge in [-0.15, -0.1) is 0 Å². The maximum atomic E-state index is 3.90. The molecule has 1 aliphatic carbocycles. The average molecular weight is 272 g/mol. The fourth-order valence-corrected chi connectivity index (χ4v) is 4.08.